The lowest BCUT2D eigenvalue weighted by Crippen LogP contribution is -1.99. The molecule has 0 atom stereocenters. The van der Waals surface area contributed by atoms with Crippen LogP contribution in [0.3, 0.4) is 0 Å². The highest BCUT2D eigenvalue weighted by molar-refractivity contribution is 5.99. The van der Waals surface area contributed by atoms with Crippen LogP contribution in [0.25, 0.3) is 27.7 Å². The third kappa shape index (κ3) is 3.15. The van der Waals surface area contributed by atoms with Crippen molar-refractivity contribution in [3.63, 3.8) is 0 Å². The molecule has 0 aliphatic carbocycles. The van der Waals surface area contributed by atoms with Crippen LogP contribution >= 0.6 is 0 Å². The average Bonchev–Trinajstić information content (AvgIpc) is 2.65. The molecule has 0 saturated carbocycles. The van der Waals surface area contributed by atoms with Crippen molar-refractivity contribution in [1.82, 2.24) is 0 Å². The molecule has 0 aliphatic heterocycles. The fraction of sp³-hybridized carbons (Fsp3) is 0.0952. The Morgan fingerprint density at radius 3 is 2.33 bits per heavy atom. The van der Waals surface area contributed by atoms with Crippen molar-refractivity contribution >= 4 is 22.5 Å². The summed E-state index contributed by atoms with van der Waals surface area (Å²) in [5.41, 5.74) is 3.12. The first kappa shape index (κ1) is 15.8. The first-order valence-electron chi connectivity index (χ1n) is 7.65. The Labute approximate surface area is 141 Å². The second kappa shape index (κ2) is 7.01. The Hall–Kier alpha value is -3.07. The first-order chi connectivity index (χ1) is 11.7. The van der Waals surface area contributed by atoms with Gasteiger partial charge in [0.15, 0.2) is 0 Å². The number of hydrogen-bond acceptors (Lipinski definition) is 3. The van der Waals surface area contributed by atoms with E-state index in [0.29, 0.717) is 5.76 Å². The molecule has 0 aromatic heterocycles. The Morgan fingerprint density at radius 2 is 1.62 bits per heavy atom. The highest BCUT2D eigenvalue weighted by Crippen LogP contribution is 2.30. The van der Waals surface area contributed by atoms with E-state index in [9.17, 15) is 4.79 Å². The fourth-order valence-corrected chi connectivity index (χ4v) is 2.71. The van der Waals surface area contributed by atoms with Gasteiger partial charge >= 0.3 is 5.97 Å². The Balaban J connectivity index is 2.18. The Kier molecular flexibility index (Phi) is 4.62. The summed E-state index contributed by atoms with van der Waals surface area (Å²) in [6, 6.07) is 22.4. The van der Waals surface area contributed by atoms with Gasteiger partial charge in [-0.05, 0) is 28.0 Å². The average molecular weight is 318 g/mol. The lowest BCUT2D eigenvalue weighted by atomic mass is 9.97. The molecule has 0 unspecified atom stereocenters. The summed E-state index contributed by atoms with van der Waals surface area (Å²) in [7, 11) is 2.90. The number of carbonyl (C=O) groups is 1. The molecule has 3 aromatic rings. The molecule has 24 heavy (non-hydrogen) atoms. The molecule has 0 heterocycles. The van der Waals surface area contributed by atoms with Gasteiger partial charge in [0.05, 0.1) is 20.3 Å². The van der Waals surface area contributed by atoms with Crippen molar-refractivity contribution in [1.29, 1.82) is 0 Å². The van der Waals surface area contributed by atoms with E-state index in [1.807, 2.05) is 36.4 Å². The van der Waals surface area contributed by atoms with Crippen LogP contribution < -0.4 is 0 Å². The van der Waals surface area contributed by atoms with E-state index >= 15 is 0 Å². The number of esters is 1. The van der Waals surface area contributed by atoms with Crippen LogP contribution in [-0.2, 0) is 14.3 Å². The molecule has 0 aliphatic rings. The molecular formula is C21H18O3. The number of ether oxygens (including phenoxy) is 2. The zero-order valence-corrected chi connectivity index (χ0v) is 13.7. The van der Waals surface area contributed by atoms with E-state index in [-0.39, 0.29) is 0 Å². The first-order valence-corrected chi connectivity index (χ1v) is 7.65. The van der Waals surface area contributed by atoms with E-state index in [2.05, 4.69) is 30.3 Å². The molecule has 0 amide bonds. The topological polar surface area (TPSA) is 35.5 Å². The van der Waals surface area contributed by atoms with Crippen LogP contribution in [0.1, 0.15) is 5.56 Å². The largest absolute Gasteiger partial charge is 0.496 e. The third-order valence-electron chi connectivity index (χ3n) is 3.92. The molecule has 0 radical (unpaired) electrons. The van der Waals surface area contributed by atoms with Crippen LogP contribution in [-0.4, -0.2) is 20.2 Å². The van der Waals surface area contributed by atoms with Gasteiger partial charge < -0.3 is 9.47 Å². The second-order valence-corrected chi connectivity index (χ2v) is 5.34. The predicted octanol–water partition coefficient (Wildman–Crippen LogP) is 4.67. The monoisotopic (exact) mass is 318 g/mol. The van der Waals surface area contributed by atoms with Gasteiger partial charge in [0.2, 0.25) is 0 Å². The van der Waals surface area contributed by atoms with Crippen LogP contribution in [0, 0.1) is 0 Å². The number of benzene rings is 3. The lowest BCUT2D eigenvalue weighted by Gasteiger charge is -2.11. The van der Waals surface area contributed by atoms with Gasteiger partial charge in [-0.15, -0.1) is 0 Å². The van der Waals surface area contributed by atoms with Gasteiger partial charge in [-0.1, -0.05) is 60.7 Å². The minimum atomic E-state index is -0.442. The zero-order chi connectivity index (χ0) is 16.9. The second-order valence-electron chi connectivity index (χ2n) is 5.34. The van der Waals surface area contributed by atoms with Crippen molar-refractivity contribution in [3.8, 4) is 11.1 Å². The summed E-state index contributed by atoms with van der Waals surface area (Å²) in [4.78, 5) is 11.6. The number of carbonyl (C=O) groups excluding carboxylic acids is 1. The van der Waals surface area contributed by atoms with Gasteiger partial charge in [0.25, 0.3) is 0 Å². The van der Waals surface area contributed by atoms with Crippen molar-refractivity contribution in [2.24, 2.45) is 0 Å². The maximum Gasteiger partial charge on any atom is 0.334 e. The van der Waals surface area contributed by atoms with Crippen LogP contribution in [0.4, 0.5) is 0 Å². The third-order valence-corrected chi connectivity index (χ3v) is 3.92. The van der Waals surface area contributed by atoms with E-state index < -0.39 is 5.97 Å². The summed E-state index contributed by atoms with van der Waals surface area (Å²) in [6.45, 7) is 0. The molecule has 3 nitrogen and oxygen atoms in total. The highest BCUT2D eigenvalue weighted by Gasteiger charge is 2.10. The van der Waals surface area contributed by atoms with Gasteiger partial charge in [0, 0.05) is 5.56 Å². The van der Waals surface area contributed by atoms with Crippen LogP contribution in [0.2, 0.25) is 0 Å². The van der Waals surface area contributed by atoms with Crippen molar-refractivity contribution < 1.29 is 14.3 Å². The molecule has 3 aromatic carbocycles. The summed E-state index contributed by atoms with van der Waals surface area (Å²) >= 11 is 0. The van der Waals surface area contributed by atoms with Crippen molar-refractivity contribution in [2.45, 2.75) is 0 Å². The van der Waals surface area contributed by atoms with Crippen molar-refractivity contribution in [2.75, 3.05) is 14.2 Å². The minimum Gasteiger partial charge on any atom is -0.496 e. The number of methoxy groups -OCH3 is 2. The summed E-state index contributed by atoms with van der Waals surface area (Å²) < 4.78 is 10.1. The van der Waals surface area contributed by atoms with Gasteiger partial charge in [-0.3, -0.25) is 0 Å². The smallest absolute Gasteiger partial charge is 0.334 e. The molecule has 0 saturated heterocycles. The Bertz CT molecular complexity index is 895. The normalized spacial score (nSPS) is 11.3. The summed E-state index contributed by atoms with van der Waals surface area (Å²) in [6.07, 6.45) is 1.37. The predicted molar refractivity (Wildman–Crippen MR) is 96.4 cm³/mol. The summed E-state index contributed by atoms with van der Waals surface area (Å²) in [5.74, 6) is 0.0423. The van der Waals surface area contributed by atoms with Crippen molar-refractivity contribution in [3.05, 3.63) is 78.4 Å². The highest BCUT2D eigenvalue weighted by atomic mass is 16.5. The van der Waals surface area contributed by atoms with Crippen LogP contribution in [0.5, 0.6) is 0 Å². The molecule has 0 bridgehead atoms. The molecule has 3 heteroatoms. The Morgan fingerprint density at radius 1 is 0.833 bits per heavy atom. The number of rotatable bonds is 4. The SMILES string of the molecule is COC(=O)/C=C(/OC)c1cccc2ccc(-c3ccccc3)cc12. The quantitative estimate of drug-likeness (QED) is 0.398. The zero-order valence-electron chi connectivity index (χ0n) is 13.7. The van der Waals surface area contributed by atoms with E-state index in [1.165, 1.54) is 13.2 Å². The van der Waals surface area contributed by atoms with E-state index in [0.717, 1.165) is 27.5 Å². The molecule has 0 N–H and O–H groups in total. The van der Waals surface area contributed by atoms with Gasteiger partial charge in [-0.25, -0.2) is 4.79 Å². The van der Waals surface area contributed by atoms with Crippen LogP contribution in [0.15, 0.2) is 72.8 Å². The standard InChI is InChI=1S/C21H18O3/c1-23-20(14-21(22)24-2)18-10-6-9-16-11-12-17(13-19(16)18)15-7-4-3-5-8-15/h3-14H,1-2H3/b20-14+. The fourth-order valence-electron chi connectivity index (χ4n) is 2.71. The lowest BCUT2D eigenvalue weighted by molar-refractivity contribution is -0.134. The number of hydrogen-bond donors (Lipinski definition) is 0. The molecule has 120 valence electrons. The van der Waals surface area contributed by atoms with Gasteiger partial charge in [-0.2, -0.15) is 0 Å². The number of fused-ring (bicyclic) bond motifs is 1. The molecule has 0 fully saturated rings. The van der Waals surface area contributed by atoms with Gasteiger partial charge in [0.1, 0.15) is 5.76 Å². The molecular weight excluding hydrogens is 300 g/mol. The molecule has 3 rings (SSSR count). The van der Waals surface area contributed by atoms with E-state index in [4.69, 9.17) is 9.47 Å². The summed E-state index contributed by atoms with van der Waals surface area (Å²) in [5, 5.41) is 2.11. The minimum absolute atomic E-state index is 0.442. The maximum atomic E-state index is 11.6. The maximum absolute atomic E-state index is 11.6. The molecule has 0 spiro atoms. The van der Waals surface area contributed by atoms with E-state index in [1.54, 1.807) is 7.11 Å².